The molecule has 1 N–H and O–H groups in total. The van der Waals surface area contributed by atoms with E-state index >= 15 is 0 Å². The maximum absolute atomic E-state index is 12.6. The second kappa shape index (κ2) is 6.72. The van der Waals surface area contributed by atoms with Crippen LogP contribution in [0.1, 0.15) is 42.4 Å². The molecule has 1 saturated carbocycles. The Morgan fingerprint density at radius 3 is 2.88 bits per heavy atom. The van der Waals surface area contributed by atoms with Crippen molar-refractivity contribution >= 4 is 5.91 Å². The van der Waals surface area contributed by atoms with E-state index in [-0.39, 0.29) is 11.5 Å². The summed E-state index contributed by atoms with van der Waals surface area (Å²) in [5.74, 6) is 0.383. The lowest BCUT2D eigenvalue weighted by Gasteiger charge is -2.28. The third-order valence-corrected chi connectivity index (χ3v) is 5.36. The lowest BCUT2D eigenvalue weighted by molar-refractivity contribution is -0.133. The van der Waals surface area contributed by atoms with Crippen molar-refractivity contribution in [3.63, 3.8) is 0 Å². The molecule has 0 spiro atoms. The summed E-state index contributed by atoms with van der Waals surface area (Å²) in [4.78, 5) is 26.3. The first-order chi connectivity index (χ1) is 12.5. The number of aryl methyl sites for hydroxylation is 1. The first kappa shape index (κ1) is 17.0. The van der Waals surface area contributed by atoms with Gasteiger partial charge in [-0.25, -0.2) is 0 Å². The molecule has 1 aliphatic heterocycles. The number of carbonyl (C=O) groups is 1. The third kappa shape index (κ3) is 3.31. The fourth-order valence-corrected chi connectivity index (χ4v) is 3.58. The highest BCUT2D eigenvalue weighted by Gasteiger charge is 2.33. The van der Waals surface area contributed by atoms with Gasteiger partial charge in [-0.2, -0.15) is 5.10 Å². The minimum absolute atomic E-state index is 0.0388. The number of aliphatic hydroxyl groups excluding tert-OH is 1. The Bertz CT molecular complexity index is 881. The van der Waals surface area contributed by atoms with E-state index < -0.39 is 6.10 Å². The molecule has 26 heavy (non-hydrogen) atoms. The molecule has 1 unspecified atom stereocenters. The van der Waals surface area contributed by atoms with Gasteiger partial charge in [0.05, 0.1) is 24.5 Å². The Balaban J connectivity index is 1.40. The van der Waals surface area contributed by atoms with Crippen molar-refractivity contribution in [2.45, 2.75) is 51.9 Å². The molecule has 0 bridgehead atoms. The lowest BCUT2D eigenvalue weighted by Crippen LogP contribution is -2.39. The predicted octanol–water partition coefficient (Wildman–Crippen LogP) is 1.23. The van der Waals surface area contributed by atoms with Crippen molar-refractivity contribution < 1.29 is 9.90 Å². The molecule has 138 valence electrons. The van der Waals surface area contributed by atoms with Gasteiger partial charge >= 0.3 is 0 Å². The van der Waals surface area contributed by atoms with Crippen LogP contribution in [-0.2, 0) is 24.4 Å². The van der Waals surface area contributed by atoms with Crippen LogP contribution < -0.4 is 5.56 Å². The molecular formula is C19H24N4O3. The van der Waals surface area contributed by atoms with Crippen LogP contribution in [0.3, 0.4) is 0 Å². The number of aromatic nitrogens is 3. The highest BCUT2D eigenvalue weighted by atomic mass is 16.3. The summed E-state index contributed by atoms with van der Waals surface area (Å²) in [6, 6.07) is 7.05. The molecule has 2 aliphatic rings. The van der Waals surface area contributed by atoms with Crippen LogP contribution in [0.2, 0.25) is 0 Å². The summed E-state index contributed by atoms with van der Waals surface area (Å²) >= 11 is 0. The fraction of sp³-hybridized carbons (Fsp3) is 0.526. The van der Waals surface area contributed by atoms with E-state index in [0.29, 0.717) is 38.5 Å². The summed E-state index contributed by atoms with van der Waals surface area (Å²) in [6.45, 7) is 4.02. The Kier molecular flexibility index (Phi) is 4.40. The van der Waals surface area contributed by atoms with Crippen molar-refractivity contribution in [2.75, 3.05) is 6.54 Å². The average molecular weight is 356 g/mol. The van der Waals surface area contributed by atoms with E-state index in [4.69, 9.17) is 0 Å². The number of carbonyl (C=O) groups excluding carboxylic acids is 1. The number of nitrogens with zero attached hydrogens (tertiary/aromatic N) is 4. The van der Waals surface area contributed by atoms with Gasteiger partial charge in [0.2, 0.25) is 5.91 Å². The number of amides is 1. The van der Waals surface area contributed by atoms with Gasteiger partial charge in [0, 0.05) is 31.3 Å². The van der Waals surface area contributed by atoms with Gasteiger partial charge < -0.3 is 14.6 Å². The normalized spacial score (nSPS) is 17.8. The van der Waals surface area contributed by atoms with E-state index in [1.165, 1.54) is 6.07 Å². The molecule has 0 saturated heterocycles. The predicted molar refractivity (Wildman–Crippen MR) is 95.4 cm³/mol. The minimum atomic E-state index is -0.481. The van der Waals surface area contributed by atoms with E-state index in [1.807, 2.05) is 28.6 Å². The van der Waals surface area contributed by atoms with Crippen LogP contribution in [0.4, 0.5) is 0 Å². The number of hydrogen-bond acceptors (Lipinski definition) is 4. The van der Waals surface area contributed by atoms with Gasteiger partial charge in [-0.05, 0) is 37.8 Å². The van der Waals surface area contributed by atoms with Crippen molar-refractivity contribution in [2.24, 2.45) is 5.92 Å². The van der Waals surface area contributed by atoms with E-state index in [2.05, 4.69) is 5.10 Å². The summed E-state index contributed by atoms with van der Waals surface area (Å²) in [5, 5.41) is 14.8. The maximum Gasteiger partial charge on any atom is 0.250 e. The summed E-state index contributed by atoms with van der Waals surface area (Å²) in [5.41, 5.74) is 2.48. The van der Waals surface area contributed by atoms with E-state index in [9.17, 15) is 14.7 Å². The van der Waals surface area contributed by atoms with E-state index in [0.717, 1.165) is 29.9 Å². The molecule has 7 heteroatoms. The second-order valence-corrected chi connectivity index (χ2v) is 7.29. The zero-order valence-electron chi connectivity index (χ0n) is 15.0. The number of fused-ring (bicyclic) bond motifs is 1. The SMILES string of the molecule is Cc1cccc(=O)n1CCC(=O)N1CCn2nc(C(O)C3CC3)cc2C1. The van der Waals surface area contributed by atoms with Crippen molar-refractivity contribution in [1.29, 1.82) is 0 Å². The number of hydrogen-bond donors (Lipinski definition) is 1. The fourth-order valence-electron chi connectivity index (χ4n) is 3.58. The van der Waals surface area contributed by atoms with Gasteiger partial charge in [-0.3, -0.25) is 14.3 Å². The molecule has 2 aromatic rings. The summed E-state index contributed by atoms with van der Waals surface area (Å²) in [7, 11) is 0. The van der Waals surface area contributed by atoms with Crippen LogP contribution in [0.5, 0.6) is 0 Å². The standard InChI is InChI=1S/C19H24N4O3/c1-13-3-2-4-18(25)22(13)8-7-17(24)21-9-10-23-15(12-21)11-16(20-23)19(26)14-5-6-14/h2-4,11,14,19,26H,5-10,12H2,1H3. The smallest absolute Gasteiger partial charge is 0.250 e. The molecule has 2 aromatic heterocycles. The van der Waals surface area contributed by atoms with Crippen LogP contribution in [0, 0.1) is 12.8 Å². The highest BCUT2D eigenvalue weighted by molar-refractivity contribution is 5.76. The van der Waals surface area contributed by atoms with E-state index in [1.54, 1.807) is 10.6 Å². The largest absolute Gasteiger partial charge is 0.386 e. The quantitative estimate of drug-likeness (QED) is 0.874. The Hall–Kier alpha value is -2.41. The zero-order valence-corrected chi connectivity index (χ0v) is 15.0. The van der Waals surface area contributed by atoms with Crippen LogP contribution in [0.15, 0.2) is 29.1 Å². The summed E-state index contributed by atoms with van der Waals surface area (Å²) in [6.07, 6.45) is 1.94. The Labute approximate surface area is 151 Å². The molecule has 0 radical (unpaired) electrons. The number of rotatable bonds is 5. The molecule has 0 aromatic carbocycles. The van der Waals surface area contributed by atoms with Gasteiger partial charge in [-0.15, -0.1) is 0 Å². The molecule has 3 heterocycles. The third-order valence-electron chi connectivity index (χ3n) is 5.36. The minimum Gasteiger partial charge on any atom is -0.386 e. The Morgan fingerprint density at radius 2 is 2.15 bits per heavy atom. The highest BCUT2D eigenvalue weighted by Crippen LogP contribution is 2.40. The van der Waals surface area contributed by atoms with Crippen molar-refractivity contribution in [3.05, 3.63) is 51.7 Å². The molecule has 1 atom stereocenters. The van der Waals surface area contributed by atoms with Gasteiger partial charge in [-0.1, -0.05) is 6.07 Å². The van der Waals surface area contributed by atoms with Crippen molar-refractivity contribution in [3.8, 4) is 0 Å². The summed E-state index contributed by atoms with van der Waals surface area (Å²) < 4.78 is 3.53. The lowest BCUT2D eigenvalue weighted by atomic mass is 10.1. The van der Waals surface area contributed by atoms with Crippen LogP contribution >= 0.6 is 0 Å². The molecule has 1 amide bonds. The molecule has 1 fully saturated rings. The maximum atomic E-state index is 12.6. The first-order valence-electron chi connectivity index (χ1n) is 9.22. The molecule has 1 aliphatic carbocycles. The van der Waals surface area contributed by atoms with Crippen molar-refractivity contribution in [1.82, 2.24) is 19.2 Å². The Morgan fingerprint density at radius 1 is 1.35 bits per heavy atom. The van der Waals surface area contributed by atoms with Crippen LogP contribution in [-0.4, -0.2) is 36.8 Å². The van der Waals surface area contributed by atoms with Gasteiger partial charge in [0.1, 0.15) is 6.10 Å². The molecular weight excluding hydrogens is 332 g/mol. The van der Waals surface area contributed by atoms with Crippen LogP contribution in [0.25, 0.3) is 0 Å². The van der Waals surface area contributed by atoms with Gasteiger partial charge in [0.25, 0.3) is 5.56 Å². The van der Waals surface area contributed by atoms with Gasteiger partial charge in [0.15, 0.2) is 0 Å². The molecule has 7 nitrogen and oxygen atoms in total. The number of pyridine rings is 1. The second-order valence-electron chi connectivity index (χ2n) is 7.29. The first-order valence-corrected chi connectivity index (χ1v) is 9.22. The topological polar surface area (TPSA) is 80.4 Å². The zero-order chi connectivity index (χ0) is 18.3. The average Bonchev–Trinajstić information content (AvgIpc) is 3.38. The number of aliphatic hydroxyl groups is 1. The molecule has 4 rings (SSSR count). The monoisotopic (exact) mass is 356 g/mol.